The monoisotopic (exact) mass is 219 g/mol. The summed E-state index contributed by atoms with van der Waals surface area (Å²) in [6, 6.07) is 1.18. The van der Waals surface area contributed by atoms with E-state index in [4.69, 9.17) is 0 Å². The summed E-state index contributed by atoms with van der Waals surface area (Å²) in [7, 11) is 0. The lowest BCUT2D eigenvalue weighted by atomic mass is 10.1. The minimum Gasteiger partial charge on any atom is -0.379 e. The first-order chi connectivity index (χ1) is 7.74. The molecule has 3 rings (SSSR count). The fourth-order valence-electron chi connectivity index (χ4n) is 2.42. The number of nitrogens with zero attached hydrogens (tertiary/aromatic N) is 2. The second-order valence-corrected chi connectivity index (χ2v) is 5.65. The first-order valence-electron chi connectivity index (χ1n) is 6.54. The van der Waals surface area contributed by atoms with E-state index in [1.54, 1.807) is 0 Å². The molecule has 0 spiro atoms. The van der Waals surface area contributed by atoms with Crippen LogP contribution in [-0.4, -0.2) is 15.8 Å². The maximum atomic E-state index is 4.38. The van der Waals surface area contributed by atoms with E-state index in [1.807, 2.05) is 10.9 Å². The molecule has 88 valence electrons. The van der Waals surface area contributed by atoms with Crippen LogP contribution in [0.15, 0.2) is 12.4 Å². The first-order valence-corrected chi connectivity index (χ1v) is 6.54. The zero-order chi connectivity index (χ0) is 11.1. The summed E-state index contributed by atoms with van der Waals surface area (Å²) in [5.41, 5.74) is 1.21. The lowest BCUT2D eigenvalue weighted by Gasteiger charge is -2.17. The first kappa shape index (κ1) is 10.2. The van der Waals surface area contributed by atoms with Gasteiger partial charge in [0.1, 0.15) is 0 Å². The van der Waals surface area contributed by atoms with Gasteiger partial charge in [0.15, 0.2) is 0 Å². The molecule has 1 aromatic heterocycles. The highest BCUT2D eigenvalue weighted by molar-refractivity contribution is 5.40. The van der Waals surface area contributed by atoms with Crippen molar-refractivity contribution in [3.8, 4) is 0 Å². The minimum absolute atomic E-state index is 0.454. The van der Waals surface area contributed by atoms with Crippen LogP contribution in [0.2, 0.25) is 0 Å². The zero-order valence-corrected chi connectivity index (χ0v) is 10.2. The van der Waals surface area contributed by atoms with Crippen molar-refractivity contribution in [2.24, 2.45) is 11.8 Å². The van der Waals surface area contributed by atoms with Crippen LogP contribution < -0.4 is 5.32 Å². The highest BCUT2D eigenvalue weighted by Crippen LogP contribution is 2.45. The zero-order valence-electron chi connectivity index (χ0n) is 10.2. The van der Waals surface area contributed by atoms with E-state index in [1.165, 1.54) is 31.4 Å². The van der Waals surface area contributed by atoms with Crippen LogP contribution >= 0.6 is 0 Å². The van der Waals surface area contributed by atoms with Crippen molar-refractivity contribution < 1.29 is 0 Å². The van der Waals surface area contributed by atoms with Gasteiger partial charge in [-0.1, -0.05) is 0 Å². The van der Waals surface area contributed by atoms with Crippen LogP contribution in [0.3, 0.4) is 0 Å². The Kier molecular flexibility index (Phi) is 2.41. The third-order valence-electron chi connectivity index (χ3n) is 3.72. The smallest absolute Gasteiger partial charge is 0.0728 e. The maximum absolute atomic E-state index is 4.38. The Morgan fingerprint density at radius 3 is 2.31 bits per heavy atom. The Morgan fingerprint density at radius 2 is 1.88 bits per heavy atom. The molecule has 16 heavy (non-hydrogen) atoms. The van der Waals surface area contributed by atoms with Crippen LogP contribution in [-0.2, 0) is 0 Å². The quantitative estimate of drug-likeness (QED) is 0.824. The molecule has 2 aliphatic carbocycles. The summed E-state index contributed by atoms with van der Waals surface area (Å²) in [6.07, 6.45) is 9.80. The molecule has 3 nitrogen and oxygen atoms in total. The molecule has 1 N–H and O–H groups in total. The third-order valence-corrected chi connectivity index (χ3v) is 3.72. The van der Waals surface area contributed by atoms with E-state index >= 15 is 0 Å². The Balaban J connectivity index is 1.66. The van der Waals surface area contributed by atoms with Crippen molar-refractivity contribution in [2.45, 2.75) is 51.6 Å². The van der Waals surface area contributed by atoms with E-state index in [0.717, 1.165) is 17.9 Å². The van der Waals surface area contributed by atoms with E-state index < -0.39 is 0 Å². The normalized spacial score (nSPS) is 20.8. The van der Waals surface area contributed by atoms with Crippen LogP contribution in [0.5, 0.6) is 0 Å². The SMILES string of the molecule is CC(C)n1cc(NC(C2CC2)C2CC2)cn1. The van der Waals surface area contributed by atoms with Crippen LogP contribution in [0.25, 0.3) is 0 Å². The molecule has 2 fully saturated rings. The van der Waals surface area contributed by atoms with Gasteiger partial charge in [-0.05, 0) is 51.4 Å². The molecular formula is C13H21N3. The molecule has 1 aromatic rings. The molecule has 1 heterocycles. The molecule has 0 bridgehead atoms. The number of aromatic nitrogens is 2. The highest BCUT2D eigenvalue weighted by atomic mass is 15.3. The Bertz CT molecular complexity index is 349. The standard InChI is InChI=1S/C13H21N3/c1-9(2)16-8-12(7-14-16)15-13(10-3-4-10)11-5-6-11/h7-11,13,15H,3-6H2,1-2H3. The van der Waals surface area contributed by atoms with Crippen LogP contribution in [0.1, 0.15) is 45.6 Å². The highest BCUT2D eigenvalue weighted by Gasteiger charge is 2.41. The lowest BCUT2D eigenvalue weighted by Crippen LogP contribution is -2.23. The van der Waals surface area contributed by atoms with Crippen molar-refractivity contribution in [3.63, 3.8) is 0 Å². The molecular weight excluding hydrogens is 198 g/mol. The summed E-state index contributed by atoms with van der Waals surface area (Å²) in [5, 5.41) is 8.08. The predicted molar refractivity (Wildman–Crippen MR) is 65.5 cm³/mol. The molecule has 0 atom stereocenters. The van der Waals surface area contributed by atoms with Crippen molar-refractivity contribution in [3.05, 3.63) is 12.4 Å². The largest absolute Gasteiger partial charge is 0.379 e. The van der Waals surface area contributed by atoms with Crippen LogP contribution in [0.4, 0.5) is 5.69 Å². The van der Waals surface area contributed by atoms with Gasteiger partial charge in [0, 0.05) is 18.3 Å². The summed E-state index contributed by atoms with van der Waals surface area (Å²) >= 11 is 0. The van der Waals surface area contributed by atoms with Gasteiger partial charge < -0.3 is 5.32 Å². The van der Waals surface area contributed by atoms with Gasteiger partial charge in [0.2, 0.25) is 0 Å². The van der Waals surface area contributed by atoms with Gasteiger partial charge in [0.25, 0.3) is 0 Å². The topological polar surface area (TPSA) is 29.9 Å². The van der Waals surface area contributed by atoms with Gasteiger partial charge in [-0.15, -0.1) is 0 Å². The van der Waals surface area contributed by atoms with Gasteiger partial charge in [-0.25, -0.2) is 0 Å². The van der Waals surface area contributed by atoms with Gasteiger partial charge in [0.05, 0.1) is 11.9 Å². The number of anilines is 1. The van der Waals surface area contributed by atoms with Crippen LogP contribution in [0, 0.1) is 11.8 Å². The number of hydrogen-bond acceptors (Lipinski definition) is 2. The van der Waals surface area contributed by atoms with Crippen molar-refractivity contribution in [2.75, 3.05) is 5.32 Å². The lowest BCUT2D eigenvalue weighted by molar-refractivity contribution is 0.532. The van der Waals surface area contributed by atoms with Gasteiger partial charge in [-0.3, -0.25) is 4.68 Å². The summed E-state index contributed by atoms with van der Waals surface area (Å²) in [6.45, 7) is 4.33. The average molecular weight is 219 g/mol. The van der Waals surface area contributed by atoms with Gasteiger partial charge >= 0.3 is 0 Å². The van der Waals surface area contributed by atoms with E-state index in [9.17, 15) is 0 Å². The molecule has 0 aromatic carbocycles. The Morgan fingerprint density at radius 1 is 1.25 bits per heavy atom. The number of hydrogen-bond donors (Lipinski definition) is 1. The fraction of sp³-hybridized carbons (Fsp3) is 0.769. The number of rotatable bonds is 5. The molecule has 0 radical (unpaired) electrons. The molecule has 0 unspecified atom stereocenters. The molecule has 0 aliphatic heterocycles. The van der Waals surface area contributed by atoms with Gasteiger partial charge in [-0.2, -0.15) is 5.10 Å². The number of nitrogens with one attached hydrogen (secondary N) is 1. The minimum atomic E-state index is 0.454. The second-order valence-electron chi connectivity index (χ2n) is 5.65. The Labute approximate surface area is 97.2 Å². The molecule has 0 amide bonds. The Hall–Kier alpha value is -0.990. The second kappa shape index (κ2) is 3.79. The van der Waals surface area contributed by atoms with Crippen molar-refractivity contribution in [1.82, 2.24) is 9.78 Å². The average Bonchev–Trinajstić information content (AvgIpc) is 3.15. The van der Waals surface area contributed by atoms with Crippen molar-refractivity contribution in [1.29, 1.82) is 0 Å². The summed E-state index contributed by atoms with van der Waals surface area (Å²) < 4.78 is 2.03. The molecule has 2 aliphatic rings. The predicted octanol–water partition coefficient (Wildman–Crippen LogP) is 3.06. The third kappa shape index (κ3) is 2.08. The van der Waals surface area contributed by atoms with E-state index in [0.29, 0.717) is 6.04 Å². The van der Waals surface area contributed by atoms with E-state index in [-0.39, 0.29) is 0 Å². The summed E-state index contributed by atoms with van der Waals surface area (Å²) in [5.74, 6) is 1.88. The summed E-state index contributed by atoms with van der Waals surface area (Å²) in [4.78, 5) is 0. The molecule has 3 heteroatoms. The molecule has 2 saturated carbocycles. The van der Waals surface area contributed by atoms with Crippen molar-refractivity contribution >= 4 is 5.69 Å². The van der Waals surface area contributed by atoms with E-state index in [2.05, 4.69) is 30.5 Å². The maximum Gasteiger partial charge on any atom is 0.0728 e. The fourth-order valence-corrected chi connectivity index (χ4v) is 2.42. The molecule has 0 saturated heterocycles.